The number of nitrogens with zero attached hydrogens (tertiary/aromatic N) is 2. The van der Waals surface area contributed by atoms with Crippen molar-refractivity contribution in [2.45, 2.75) is 19.9 Å². The fourth-order valence-corrected chi connectivity index (χ4v) is 3.34. The molecular weight excluding hydrogens is 334 g/mol. The molecule has 27 heavy (non-hydrogen) atoms. The van der Waals surface area contributed by atoms with E-state index in [2.05, 4.69) is 28.5 Å². The number of rotatable bonds is 5. The molecule has 0 fully saturated rings. The third kappa shape index (κ3) is 3.75. The smallest absolute Gasteiger partial charge is 0.244 e. The summed E-state index contributed by atoms with van der Waals surface area (Å²) in [5.74, 6) is 0.783. The maximum Gasteiger partial charge on any atom is 0.244 e. The van der Waals surface area contributed by atoms with Crippen LogP contribution in [0.2, 0.25) is 0 Å². The number of nitrogens with one attached hydrogen (secondary N) is 1. The summed E-state index contributed by atoms with van der Waals surface area (Å²) in [7, 11) is 0. The van der Waals surface area contributed by atoms with Crippen molar-refractivity contribution in [3.63, 3.8) is 0 Å². The van der Waals surface area contributed by atoms with Crippen molar-refractivity contribution in [2.24, 2.45) is 0 Å². The highest BCUT2D eigenvalue weighted by Crippen LogP contribution is 2.20. The Balaban J connectivity index is 1.54. The highest BCUT2D eigenvalue weighted by atomic mass is 16.1. The number of para-hydroxylation sites is 3. The molecule has 0 aliphatic rings. The summed E-state index contributed by atoms with van der Waals surface area (Å²) in [4.78, 5) is 17.3. The van der Waals surface area contributed by atoms with Gasteiger partial charge in [-0.25, -0.2) is 4.98 Å². The molecule has 0 aliphatic carbocycles. The highest BCUT2D eigenvalue weighted by molar-refractivity contribution is 5.92. The highest BCUT2D eigenvalue weighted by Gasteiger charge is 2.12. The molecule has 1 heterocycles. The van der Waals surface area contributed by atoms with Crippen molar-refractivity contribution in [1.29, 1.82) is 0 Å². The molecule has 0 spiro atoms. The zero-order chi connectivity index (χ0) is 18.6. The van der Waals surface area contributed by atoms with Crippen LogP contribution in [0.5, 0.6) is 0 Å². The van der Waals surface area contributed by atoms with E-state index in [-0.39, 0.29) is 12.5 Å². The fourth-order valence-electron chi connectivity index (χ4n) is 3.34. The molecular formula is C23H21N3O. The lowest BCUT2D eigenvalue weighted by Gasteiger charge is -2.12. The van der Waals surface area contributed by atoms with Crippen LogP contribution in [0.25, 0.3) is 11.0 Å². The average molecular weight is 355 g/mol. The van der Waals surface area contributed by atoms with Crippen LogP contribution in [0.15, 0.2) is 78.9 Å². The third-order valence-electron chi connectivity index (χ3n) is 4.68. The van der Waals surface area contributed by atoms with Crippen molar-refractivity contribution in [1.82, 2.24) is 9.55 Å². The van der Waals surface area contributed by atoms with Gasteiger partial charge in [-0.3, -0.25) is 4.79 Å². The van der Waals surface area contributed by atoms with Gasteiger partial charge in [0.05, 0.1) is 11.0 Å². The van der Waals surface area contributed by atoms with Gasteiger partial charge < -0.3 is 9.88 Å². The zero-order valence-electron chi connectivity index (χ0n) is 15.2. The Kier molecular flexibility index (Phi) is 4.71. The van der Waals surface area contributed by atoms with Crippen LogP contribution in [0, 0.1) is 6.92 Å². The summed E-state index contributed by atoms with van der Waals surface area (Å²) >= 11 is 0. The van der Waals surface area contributed by atoms with Gasteiger partial charge in [-0.15, -0.1) is 0 Å². The molecule has 1 amide bonds. The summed E-state index contributed by atoms with van der Waals surface area (Å²) in [5.41, 5.74) is 5.06. The number of benzene rings is 3. The molecule has 0 saturated heterocycles. The van der Waals surface area contributed by atoms with Crippen molar-refractivity contribution in [3.05, 3.63) is 95.8 Å². The molecule has 0 radical (unpaired) electrons. The first kappa shape index (κ1) is 17.0. The van der Waals surface area contributed by atoms with Gasteiger partial charge >= 0.3 is 0 Å². The van der Waals surface area contributed by atoms with E-state index < -0.39 is 0 Å². The molecule has 1 N–H and O–H groups in total. The normalized spacial score (nSPS) is 10.9. The Morgan fingerprint density at radius 3 is 2.48 bits per heavy atom. The molecule has 134 valence electrons. The lowest BCUT2D eigenvalue weighted by Crippen LogP contribution is -2.20. The van der Waals surface area contributed by atoms with Crippen LogP contribution in [0.3, 0.4) is 0 Å². The minimum Gasteiger partial charge on any atom is -0.324 e. The van der Waals surface area contributed by atoms with Crippen LogP contribution in [0.4, 0.5) is 5.69 Å². The Labute approximate surface area is 158 Å². The molecule has 1 aromatic heterocycles. The quantitative estimate of drug-likeness (QED) is 0.570. The molecule has 4 nitrogen and oxygen atoms in total. The molecule has 0 atom stereocenters. The third-order valence-corrected chi connectivity index (χ3v) is 4.68. The number of aromatic nitrogens is 2. The lowest BCUT2D eigenvalue weighted by molar-refractivity contribution is -0.116. The maximum absolute atomic E-state index is 12.7. The largest absolute Gasteiger partial charge is 0.324 e. The predicted molar refractivity (Wildman–Crippen MR) is 109 cm³/mol. The van der Waals surface area contributed by atoms with Gasteiger partial charge in [-0.1, -0.05) is 60.7 Å². The lowest BCUT2D eigenvalue weighted by atomic mass is 10.0. The van der Waals surface area contributed by atoms with Gasteiger partial charge in [0.15, 0.2) is 0 Å². The molecule has 4 rings (SSSR count). The molecule has 0 unspecified atom stereocenters. The zero-order valence-corrected chi connectivity index (χ0v) is 15.2. The van der Waals surface area contributed by atoms with Gasteiger partial charge in [0.1, 0.15) is 12.4 Å². The number of hydrogen-bond acceptors (Lipinski definition) is 2. The molecule has 0 saturated carbocycles. The van der Waals surface area contributed by atoms with Gasteiger partial charge in [-0.2, -0.15) is 0 Å². The van der Waals surface area contributed by atoms with Crippen LogP contribution < -0.4 is 5.32 Å². The number of aryl methyl sites for hydroxylation is 1. The van der Waals surface area contributed by atoms with E-state index in [4.69, 9.17) is 0 Å². The first-order valence-electron chi connectivity index (χ1n) is 9.04. The van der Waals surface area contributed by atoms with Crippen molar-refractivity contribution >= 4 is 22.6 Å². The second kappa shape index (κ2) is 7.46. The van der Waals surface area contributed by atoms with Crippen LogP contribution in [-0.4, -0.2) is 15.5 Å². The van der Waals surface area contributed by atoms with E-state index in [1.54, 1.807) is 0 Å². The SMILES string of the molecule is Cc1nc2ccccc2n1CC(=O)Nc1ccccc1Cc1ccccc1. The minimum absolute atomic E-state index is 0.0539. The van der Waals surface area contributed by atoms with Crippen LogP contribution in [-0.2, 0) is 17.8 Å². The number of anilines is 1. The number of hydrogen-bond donors (Lipinski definition) is 1. The van der Waals surface area contributed by atoms with E-state index in [0.29, 0.717) is 0 Å². The molecule has 4 heteroatoms. The topological polar surface area (TPSA) is 46.9 Å². The number of carbonyl (C=O) groups is 1. The van der Waals surface area contributed by atoms with Crippen molar-refractivity contribution in [3.8, 4) is 0 Å². The Morgan fingerprint density at radius 2 is 1.63 bits per heavy atom. The number of carbonyl (C=O) groups excluding carboxylic acids is 1. The number of amides is 1. The van der Waals surface area contributed by atoms with E-state index in [1.165, 1.54) is 5.56 Å². The van der Waals surface area contributed by atoms with E-state index in [9.17, 15) is 4.79 Å². The average Bonchev–Trinajstić information content (AvgIpc) is 2.99. The Morgan fingerprint density at radius 1 is 0.926 bits per heavy atom. The summed E-state index contributed by atoms with van der Waals surface area (Å²) in [6, 6.07) is 26.1. The van der Waals surface area contributed by atoms with Crippen molar-refractivity contribution in [2.75, 3.05) is 5.32 Å². The second-order valence-electron chi connectivity index (χ2n) is 6.60. The Bertz CT molecular complexity index is 1080. The van der Waals surface area contributed by atoms with Crippen LogP contribution in [0.1, 0.15) is 17.0 Å². The second-order valence-corrected chi connectivity index (χ2v) is 6.60. The summed E-state index contributed by atoms with van der Waals surface area (Å²) in [5, 5.41) is 3.07. The number of fused-ring (bicyclic) bond motifs is 1. The molecule has 3 aromatic carbocycles. The van der Waals surface area contributed by atoms with E-state index >= 15 is 0 Å². The number of imidazole rings is 1. The van der Waals surface area contributed by atoms with Gasteiger partial charge in [0, 0.05) is 5.69 Å². The maximum atomic E-state index is 12.7. The fraction of sp³-hybridized carbons (Fsp3) is 0.130. The molecule has 4 aromatic rings. The summed E-state index contributed by atoms with van der Waals surface area (Å²) < 4.78 is 1.95. The van der Waals surface area contributed by atoms with Gasteiger partial charge in [0.2, 0.25) is 5.91 Å². The first-order chi connectivity index (χ1) is 13.2. The van der Waals surface area contributed by atoms with E-state index in [1.807, 2.05) is 72.2 Å². The van der Waals surface area contributed by atoms with E-state index in [0.717, 1.165) is 34.5 Å². The predicted octanol–water partition coefficient (Wildman–Crippen LogP) is 4.57. The standard InChI is InChI=1S/C23H21N3O/c1-17-24-21-13-7-8-14-22(21)26(17)16-23(27)25-20-12-6-5-11-19(20)15-18-9-3-2-4-10-18/h2-14H,15-16H2,1H3,(H,25,27). The minimum atomic E-state index is -0.0539. The molecule has 0 bridgehead atoms. The Hall–Kier alpha value is -3.40. The van der Waals surface area contributed by atoms with Crippen molar-refractivity contribution < 1.29 is 4.79 Å². The van der Waals surface area contributed by atoms with Gasteiger partial charge in [0.25, 0.3) is 0 Å². The monoisotopic (exact) mass is 355 g/mol. The first-order valence-corrected chi connectivity index (χ1v) is 9.04. The van der Waals surface area contributed by atoms with Gasteiger partial charge in [-0.05, 0) is 42.7 Å². The van der Waals surface area contributed by atoms with Crippen LogP contribution >= 0.6 is 0 Å². The summed E-state index contributed by atoms with van der Waals surface area (Å²) in [6.07, 6.45) is 0.782. The molecule has 0 aliphatic heterocycles. The summed E-state index contributed by atoms with van der Waals surface area (Å²) in [6.45, 7) is 2.17.